The molecule has 14 heavy (non-hydrogen) atoms. The van der Waals surface area contributed by atoms with Crippen molar-refractivity contribution in [3.63, 3.8) is 0 Å². The molecule has 1 aromatic rings. The minimum absolute atomic E-state index is 0.215. The largest absolute Gasteiger partial charge is 0.328 e. The standard InChI is InChI=1S/C11H21N3/c1-5-6-14-10(4)11(7-8(2)12)9(3)13-14/h8H,5-7,12H2,1-4H3. The van der Waals surface area contributed by atoms with Crippen molar-refractivity contribution >= 4 is 0 Å². The van der Waals surface area contributed by atoms with Crippen LogP contribution in [0.25, 0.3) is 0 Å². The summed E-state index contributed by atoms with van der Waals surface area (Å²) in [5.74, 6) is 0. The maximum Gasteiger partial charge on any atom is 0.0629 e. The Kier molecular flexibility index (Phi) is 3.69. The Balaban J connectivity index is 2.92. The van der Waals surface area contributed by atoms with Gasteiger partial charge in [-0.1, -0.05) is 6.92 Å². The Morgan fingerprint density at radius 1 is 1.43 bits per heavy atom. The molecule has 1 atom stereocenters. The van der Waals surface area contributed by atoms with E-state index >= 15 is 0 Å². The molecule has 3 nitrogen and oxygen atoms in total. The number of rotatable bonds is 4. The third-order valence-electron chi connectivity index (χ3n) is 2.49. The summed E-state index contributed by atoms with van der Waals surface area (Å²) in [5, 5.41) is 4.51. The molecule has 0 saturated carbocycles. The van der Waals surface area contributed by atoms with Gasteiger partial charge >= 0.3 is 0 Å². The van der Waals surface area contributed by atoms with E-state index in [4.69, 9.17) is 5.73 Å². The first-order chi connectivity index (χ1) is 6.56. The Morgan fingerprint density at radius 3 is 2.57 bits per heavy atom. The van der Waals surface area contributed by atoms with Crippen molar-refractivity contribution < 1.29 is 0 Å². The lowest BCUT2D eigenvalue weighted by molar-refractivity contribution is 0.582. The van der Waals surface area contributed by atoms with E-state index in [2.05, 4.69) is 30.6 Å². The topological polar surface area (TPSA) is 43.8 Å². The lowest BCUT2D eigenvalue weighted by Crippen LogP contribution is -2.18. The Morgan fingerprint density at radius 2 is 2.07 bits per heavy atom. The molecule has 0 aliphatic rings. The van der Waals surface area contributed by atoms with Crippen molar-refractivity contribution in [2.24, 2.45) is 5.73 Å². The summed E-state index contributed by atoms with van der Waals surface area (Å²) in [7, 11) is 0. The molecule has 1 heterocycles. The monoisotopic (exact) mass is 195 g/mol. The van der Waals surface area contributed by atoms with E-state index in [1.165, 1.54) is 11.3 Å². The van der Waals surface area contributed by atoms with E-state index in [0.717, 1.165) is 25.1 Å². The fraction of sp³-hybridized carbons (Fsp3) is 0.727. The predicted molar refractivity (Wildman–Crippen MR) is 59.3 cm³/mol. The second kappa shape index (κ2) is 4.60. The number of hydrogen-bond acceptors (Lipinski definition) is 2. The highest BCUT2D eigenvalue weighted by Gasteiger charge is 2.11. The molecule has 0 aliphatic heterocycles. The molecule has 1 aromatic heterocycles. The molecule has 1 rings (SSSR count). The normalized spacial score (nSPS) is 13.2. The van der Waals surface area contributed by atoms with E-state index in [1.54, 1.807) is 0 Å². The Labute approximate surface area is 86.3 Å². The zero-order valence-corrected chi connectivity index (χ0v) is 9.67. The zero-order valence-electron chi connectivity index (χ0n) is 9.67. The maximum absolute atomic E-state index is 5.81. The minimum Gasteiger partial charge on any atom is -0.328 e. The maximum atomic E-state index is 5.81. The van der Waals surface area contributed by atoms with Crippen LogP contribution in [0.3, 0.4) is 0 Å². The molecule has 2 N–H and O–H groups in total. The predicted octanol–water partition coefficient (Wildman–Crippen LogP) is 1.80. The molecule has 0 spiro atoms. The van der Waals surface area contributed by atoms with E-state index in [0.29, 0.717) is 0 Å². The van der Waals surface area contributed by atoms with Gasteiger partial charge in [-0.05, 0) is 39.2 Å². The van der Waals surface area contributed by atoms with Gasteiger partial charge < -0.3 is 5.73 Å². The fourth-order valence-corrected chi connectivity index (χ4v) is 1.78. The number of nitrogens with zero attached hydrogens (tertiary/aromatic N) is 2. The van der Waals surface area contributed by atoms with Crippen molar-refractivity contribution in [2.75, 3.05) is 0 Å². The highest BCUT2D eigenvalue weighted by atomic mass is 15.3. The highest BCUT2D eigenvalue weighted by molar-refractivity contribution is 5.25. The van der Waals surface area contributed by atoms with Gasteiger partial charge in [0.25, 0.3) is 0 Å². The highest BCUT2D eigenvalue weighted by Crippen LogP contribution is 2.14. The average molecular weight is 195 g/mol. The van der Waals surface area contributed by atoms with Crippen LogP contribution < -0.4 is 5.73 Å². The van der Waals surface area contributed by atoms with Gasteiger partial charge in [0.1, 0.15) is 0 Å². The first-order valence-corrected chi connectivity index (χ1v) is 5.34. The molecular formula is C11H21N3. The second-order valence-corrected chi connectivity index (χ2v) is 4.05. The molecule has 80 valence electrons. The molecule has 0 fully saturated rings. The van der Waals surface area contributed by atoms with Gasteiger partial charge in [-0.3, -0.25) is 4.68 Å². The number of aromatic nitrogens is 2. The third-order valence-corrected chi connectivity index (χ3v) is 2.49. The zero-order chi connectivity index (χ0) is 10.7. The van der Waals surface area contributed by atoms with Gasteiger partial charge in [0.05, 0.1) is 5.69 Å². The first-order valence-electron chi connectivity index (χ1n) is 5.34. The summed E-state index contributed by atoms with van der Waals surface area (Å²) in [4.78, 5) is 0. The van der Waals surface area contributed by atoms with E-state index in [-0.39, 0.29) is 6.04 Å². The van der Waals surface area contributed by atoms with Crippen molar-refractivity contribution in [3.05, 3.63) is 17.0 Å². The Hall–Kier alpha value is -0.830. The third kappa shape index (κ3) is 2.35. The quantitative estimate of drug-likeness (QED) is 0.796. The van der Waals surface area contributed by atoms with Crippen LogP contribution in [0.5, 0.6) is 0 Å². The van der Waals surface area contributed by atoms with Gasteiger partial charge in [-0.25, -0.2) is 0 Å². The summed E-state index contributed by atoms with van der Waals surface area (Å²) in [5.41, 5.74) is 9.55. The number of nitrogens with two attached hydrogens (primary N) is 1. The summed E-state index contributed by atoms with van der Waals surface area (Å²) >= 11 is 0. The van der Waals surface area contributed by atoms with Gasteiger partial charge in [-0.2, -0.15) is 5.10 Å². The smallest absolute Gasteiger partial charge is 0.0629 e. The molecule has 1 unspecified atom stereocenters. The van der Waals surface area contributed by atoms with Crippen LogP contribution in [0, 0.1) is 13.8 Å². The van der Waals surface area contributed by atoms with Crippen molar-refractivity contribution in [1.29, 1.82) is 0 Å². The summed E-state index contributed by atoms with van der Waals surface area (Å²) < 4.78 is 2.09. The van der Waals surface area contributed by atoms with E-state index < -0.39 is 0 Å². The minimum atomic E-state index is 0.215. The molecule has 0 bridgehead atoms. The van der Waals surface area contributed by atoms with Crippen LogP contribution in [-0.2, 0) is 13.0 Å². The summed E-state index contributed by atoms with van der Waals surface area (Å²) in [6.45, 7) is 9.41. The van der Waals surface area contributed by atoms with Gasteiger partial charge in [0.2, 0.25) is 0 Å². The first kappa shape index (κ1) is 11.2. The lowest BCUT2D eigenvalue weighted by Gasteiger charge is -2.06. The fourth-order valence-electron chi connectivity index (χ4n) is 1.78. The molecule has 0 aliphatic carbocycles. The van der Waals surface area contributed by atoms with Crippen LogP contribution in [-0.4, -0.2) is 15.8 Å². The van der Waals surface area contributed by atoms with Gasteiger partial charge in [-0.15, -0.1) is 0 Å². The second-order valence-electron chi connectivity index (χ2n) is 4.05. The van der Waals surface area contributed by atoms with E-state index in [1.807, 2.05) is 6.92 Å². The van der Waals surface area contributed by atoms with Gasteiger partial charge in [0, 0.05) is 18.3 Å². The molecule has 3 heteroatoms. The van der Waals surface area contributed by atoms with Crippen LogP contribution in [0.4, 0.5) is 0 Å². The average Bonchev–Trinajstić information content (AvgIpc) is 2.33. The molecule has 0 saturated heterocycles. The lowest BCUT2D eigenvalue weighted by atomic mass is 10.1. The van der Waals surface area contributed by atoms with E-state index in [9.17, 15) is 0 Å². The molecular weight excluding hydrogens is 174 g/mol. The van der Waals surface area contributed by atoms with Crippen molar-refractivity contribution in [2.45, 2.75) is 53.1 Å². The SMILES string of the molecule is CCCn1nc(C)c(CC(C)N)c1C. The Bertz CT molecular complexity index is 300. The number of aryl methyl sites for hydroxylation is 2. The van der Waals surface area contributed by atoms with Crippen molar-refractivity contribution in [1.82, 2.24) is 9.78 Å². The molecule has 0 aromatic carbocycles. The van der Waals surface area contributed by atoms with Crippen LogP contribution in [0.1, 0.15) is 37.2 Å². The molecule has 0 radical (unpaired) electrons. The van der Waals surface area contributed by atoms with Crippen molar-refractivity contribution in [3.8, 4) is 0 Å². The summed E-state index contributed by atoms with van der Waals surface area (Å²) in [6.07, 6.45) is 2.06. The van der Waals surface area contributed by atoms with Crippen LogP contribution >= 0.6 is 0 Å². The van der Waals surface area contributed by atoms with Crippen LogP contribution in [0.15, 0.2) is 0 Å². The van der Waals surface area contributed by atoms with Gasteiger partial charge in [0.15, 0.2) is 0 Å². The molecule has 0 amide bonds. The van der Waals surface area contributed by atoms with Crippen LogP contribution in [0.2, 0.25) is 0 Å². The summed E-state index contributed by atoms with van der Waals surface area (Å²) in [6, 6.07) is 0.215. The number of hydrogen-bond donors (Lipinski definition) is 1.